The summed E-state index contributed by atoms with van der Waals surface area (Å²) in [6.07, 6.45) is 2.89. The quantitative estimate of drug-likeness (QED) is 0.728. The molecule has 1 aromatic rings. The Morgan fingerprint density at radius 2 is 2.00 bits per heavy atom. The Morgan fingerprint density at radius 3 is 2.43 bits per heavy atom. The number of aromatic nitrogens is 2. The Hall–Kier alpha value is -1.98. The Morgan fingerprint density at radius 1 is 1.43 bits per heavy atom. The molecule has 6 heteroatoms. The van der Waals surface area contributed by atoms with Gasteiger partial charge in [0.15, 0.2) is 0 Å². The average Bonchev–Trinajstić information content (AvgIpc) is 2.15. The number of hydrogen-bond acceptors (Lipinski definition) is 4. The second kappa shape index (κ2) is 4.31. The van der Waals surface area contributed by atoms with Crippen molar-refractivity contribution in [2.45, 2.75) is 6.92 Å². The molecule has 0 saturated carbocycles. The second-order valence-corrected chi connectivity index (χ2v) is 2.55. The third-order valence-electron chi connectivity index (χ3n) is 1.47. The zero-order chi connectivity index (χ0) is 10.6. The largest absolute Gasteiger partial charge is 0.480 e. The zero-order valence-electron chi connectivity index (χ0n) is 7.54. The van der Waals surface area contributed by atoms with Crippen molar-refractivity contribution < 1.29 is 14.7 Å². The van der Waals surface area contributed by atoms with E-state index in [-0.39, 0.29) is 5.95 Å². The van der Waals surface area contributed by atoms with Gasteiger partial charge >= 0.3 is 5.97 Å². The van der Waals surface area contributed by atoms with Crippen LogP contribution in [0.1, 0.15) is 6.92 Å². The maximum atomic E-state index is 11.1. The lowest BCUT2D eigenvalue weighted by molar-refractivity contribution is -0.136. The van der Waals surface area contributed by atoms with Gasteiger partial charge in [0.25, 0.3) is 0 Å². The molecule has 1 heterocycles. The van der Waals surface area contributed by atoms with E-state index in [2.05, 4.69) is 9.97 Å². The standard InChI is InChI=1S/C8H9N3O3/c1-6(12)11(5-7(13)14)8-9-3-2-4-10-8/h2-4H,5H2,1H3,(H,13,14). The Labute approximate surface area is 80.2 Å². The molecular formula is C8H9N3O3. The van der Waals surface area contributed by atoms with E-state index in [4.69, 9.17) is 5.11 Å². The molecule has 0 bridgehead atoms. The fraction of sp³-hybridized carbons (Fsp3) is 0.250. The lowest BCUT2D eigenvalue weighted by Crippen LogP contribution is -2.35. The van der Waals surface area contributed by atoms with Crippen LogP contribution in [0, 0.1) is 0 Å². The van der Waals surface area contributed by atoms with Crippen molar-refractivity contribution in [3.05, 3.63) is 18.5 Å². The highest BCUT2D eigenvalue weighted by atomic mass is 16.4. The lowest BCUT2D eigenvalue weighted by atomic mass is 10.5. The molecule has 14 heavy (non-hydrogen) atoms. The summed E-state index contributed by atoms with van der Waals surface area (Å²) in [6.45, 7) is 0.832. The van der Waals surface area contributed by atoms with Gasteiger partial charge < -0.3 is 5.11 Å². The number of aliphatic carboxylic acids is 1. The van der Waals surface area contributed by atoms with E-state index < -0.39 is 18.4 Å². The maximum Gasteiger partial charge on any atom is 0.323 e. The third-order valence-corrected chi connectivity index (χ3v) is 1.47. The predicted molar refractivity (Wildman–Crippen MR) is 47.7 cm³/mol. The molecule has 0 aliphatic rings. The Balaban J connectivity index is 2.89. The molecule has 1 aromatic heterocycles. The number of carboxylic acids is 1. The second-order valence-electron chi connectivity index (χ2n) is 2.55. The molecule has 0 atom stereocenters. The summed E-state index contributed by atoms with van der Waals surface area (Å²) in [5.41, 5.74) is 0. The molecule has 0 saturated heterocycles. The van der Waals surface area contributed by atoms with Crippen LogP contribution in [0.5, 0.6) is 0 Å². The van der Waals surface area contributed by atoms with Crippen LogP contribution in [0.2, 0.25) is 0 Å². The molecule has 74 valence electrons. The summed E-state index contributed by atoms with van der Waals surface area (Å²) < 4.78 is 0. The van der Waals surface area contributed by atoms with Gasteiger partial charge in [-0.3, -0.25) is 14.5 Å². The van der Waals surface area contributed by atoms with E-state index in [1.165, 1.54) is 19.3 Å². The topological polar surface area (TPSA) is 83.4 Å². The summed E-state index contributed by atoms with van der Waals surface area (Å²) in [5.74, 6) is -1.41. The van der Waals surface area contributed by atoms with Crippen LogP contribution >= 0.6 is 0 Å². The number of anilines is 1. The van der Waals surface area contributed by atoms with E-state index in [9.17, 15) is 9.59 Å². The molecule has 0 unspecified atom stereocenters. The number of hydrogen-bond donors (Lipinski definition) is 1. The summed E-state index contributed by atoms with van der Waals surface area (Å²) in [7, 11) is 0. The number of amides is 1. The molecule has 0 spiro atoms. The van der Waals surface area contributed by atoms with Crippen LogP contribution in [-0.2, 0) is 9.59 Å². The first-order chi connectivity index (χ1) is 6.61. The van der Waals surface area contributed by atoms with Crippen LogP contribution in [-0.4, -0.2) is 33.5 Å². The van der Waals surface area contributed by atoms with Gasteiger partial charge in [-0.05, 0) is 6.07 Å². The van der Waals surface area contributed by atoms with Gasteiger partial charge in [-0.1, -0.05) is 0 Å². The van der Waals surface area contributed by atoms with Crippen molar-refractivity contribution in [1.29, 1.82) is 0 Å². The highest BCUT2D eigenvalue weighted by Gasteiger charge is 2.16. The molecule has 0 aliphatic carbocycles. The lowest BCUT2D eigenvalue weighted by Gasteiger charge is -2.15. The van der Waals surface area contributed by atoms with Gasteiger partial charge in [0.1, 0.15) is 6.54 Å². The Bertz CT molecular complexity index is 339. The van der Waals surface area contributed by atoms with Crippen LogP contribution in [0.25, 0.3) is 0 Å². The zero-order valence-corrected chi connectivity index (χ0v) is 7.54. The van der Waals surface area contributed by atoms with Crippen LogP contribution in [0.3, 0.4) is 0 Å². The smallest absolute Gasteiger partial charge is 0.323 e. The molecule has 1 rings (SSSR count). The average molecular weight is 195 g/mol. The van der Waals surface area contributed by atoms with Crippen LogP contribution < -0.4 is 4.90 Å². The van der Waals surface area contributed by atoms with E-state index in [1.807, 2.05) is 0 Å². The van der Waals surface area contributed by atoms with Crippen molar-refractivity contribution in [2.24, 2.45) is 0 Å². The van der Waals surface area contributed by atoms with E-state index in [1.54, 1.807) is 6.07 Å². The first kappa shape index (κ1) is 10.1. The highest BCUT2D eigenvalue weighted by molar-refractivity contribution is 5.94. The fourth-order valence-corrected chi connectivity index (χ4v) is 0.889. The van der Waals surface area contributed by atoms with Gasteiger partial charge in [-0.25, -0.2) is 9.97 Å². The first-order valence-corrected chi connectivity index (χ1v) is 3.88. The number of carbonyl (C=O) groups excluding carboxylic acids is 1. The molecule has 0 aromatic carbocycles. The molecule has 1 amide bonds. The normalized spacial score (nSPS) is 9.50. The van der Waals surface area contributed by atoms with Crippen LogP contribution in [0.4, 0.5) is 5.95 Å². The van der Waals surface area contributed by atoms with E-state index in [0.29, 0.717) is 0 Å². The molecule has 6 nitrogen and oxygen atoms in total. The number of nitrogens with zero attached hydrogens (tertiary/aromatic N) is 3. The van der Waals surface area contributed by atoms with Crippen LogP contribution in [0.15, 0.2) is 18.5 Å². The summed E-state index contributed by atoms with van der Waals surface area (Å²) in [4.78, 5) is 30.1. The monoisotopic (exact) mass is 195 g/mol. The fourth-order valence-electron chi connectivity index (χ4n) is 0.889. The highest BCUT2D eigenvalue weighted by Crippen LogP contribution is 2.04. The summed E-state index contributed by atoms with van der Waals surface area (Å²) >= 11 is 0. The van der Waals surface area contributed by atoms with Gasteiger partial charge in [-0.2, -0.15) is 0 Å². The number of carboxylic acid groups (broad SMARTS) is 1. The minimum absolute atomic E-state index is 0.0994. The summed E-state index contributed by atoms with van der Waals surface area (Å²) in [5, 5.41) is 8.54. The molecule has 0 fully saturated rings. The third kappa shape index (κ3) is 2.51. The molecule has 1 N–H and O–H groups in total. The number of rotatable bonds is 3. The van der Waals surface area contributed by atoms with Crippen molar-refractivity contribution in [3.8, 4) is 0 Å². The predicted octanol–water partition coefficient (Wildman–Crippen LogP) is -0.0859. The van der Waals surface area contributed by atoms with E-state index >= 15 is 0 Å². The van der Waals surface area contributed by atoms with Crippen molar-refractivity contribution in [1.82, 2.24) is 9.97 Å². The van der Waals surface area contributed by atoms with Gasteiger partial charge in [-0.15, -0.1) is 0 Å². The molecule has 0 radical (unpaired) electrons. The van der Waals surface area contributed by atoms with Gasteiger partial charge in [0.2, 0.25) is 11.9 Å². The maximum absolute atomic E-state index is 11.1. The molecule has 0 aliphatic heterocycles. The van der Waals surface area contributed by atoms with Gasteiger partial charge in [0, 0.05) is 19.3 Å². The summed E-state index contributed by atoms with van der Waals surface area (Å²) in [6, 6.07) is 1.59. The first-order valence-electron chi connectivity index (χ1n) is 3.88. The Kier molecular flexibility index (Phi) is 3.11. The van der Waals surface area contributed by atoms with Crippen molar-refractivity contribution in [3.63, 3.8) is 0 Å². The number of carbonyl (C=O) groups is 2. The van der Waals surface area contributed by atoms with Gasteiger partial charge in [0.05, 0.1) is 0 Å². The molecular weight excluding hydrogens is 186 g/mol. The van der Waals surface area contributed by atoms with E-state index in [0.717, 1.165) is 4.90 Å². The SMILES string of the molecule is CC(=O)N(CC(=O)O)c1ncccn1. The van der Waals surface area contributed by atoms with Crippen molar-refractivity contribution in [2.75, 3.05) is 11.4 Å². The minimum atomic E-state index is -1.10. The minimum Gasteiger partial charge on any atom is -0.480 e. The van der Waals surface area contributed by atoms with Crippen molar-refractivity contribution >= 4 is 17.8 Å².